The molecule has 2 aliphatic heterocycles. The topological polar surface area (TPSA) is 137 Å². The van der Waals surface area contributed by atoms with Gasteiger partial charge >= 0.3 is 16.5 Å². The Labute approximate surface area is 226 Å². The molecule has 2 fully saturated rings. The molecule has 3 heterocycles. The normalized spacial score (nSPS) is 21.3. The largest absolute Gasteiger partial charge is 0.474 e. The van der Waals surface area contributed by atoms with Gasteiger partial charge in [-0.25, -0.2) is 23.1 Å². The monoisotopic (exact) mass is 555 g/mol. The number of benzene rings is 2. The summed E-state index contributed by atoms with van der Waals surface area (Å²) in [6, 6.07) is 16.8. The summed E-state index contributed by atoms with van der Waals surface area (Å²) in [5, 5.41) is 9.71. The molecule has 206 valence electrons. The fourth-order valence-corrected chi connectivity index (χ4v) is 5.51. The molecule has 0 radical (unpaired) electrons. The van der Waals surface area contributed by atoms with Crippen LogP contribution < -0.4 is 9.47 Å². The minimum atomic E-state index is -3.90. The van der Waals surface area contributed by atoms with Crippen LogP contribution in [0.2, 0.25) is 0 Å². The summed E-state index contributed by atoms with van der Waals surface area (Å²) in [6.45, 7) is 2.22. The second kappa shape index (κ2) is 11.6. The lowest BCUT2D eigenvalue weighted by atomic mass is 9.94. The van der Waals surface area contributed by atoms with Crippen LogP contribution in [0.15, 0.2) is 60.9 Å². The van der Waals surface area contributed by atoms with Gasteiger partial charge in [0.1, 0.15) is 18.2 Å². The van der Waals surface area contributed by atoms with E-state index in [1.807, 2.05) is 49.4 Å². The van der Waals surface area contributed by atoms with Gasteiger partial charge in [-0.05, 0) is 36.6 Å². The molecule has 39 heavy (non-hydrogen) atoms. The van der Waals surface area contributed by atoms with Crippen molar-refractivity contribution in [2.45, 2.75) is 44.2 Å². The molecule has 1 aromatic heterocycles. The average molecular weight is 556 g/mol. The minimum Gasteiger partial charge on any atom is -0.474 e. The van der Waals surface area contributed by atoms with Gasteiger partial charge in [-0.2, -0.15) is 8.42 Å². The third-order valence-electron chi connectivity index (χ3n) is 6.89. The Morgan fingerprint density at radius 3 is 2.44 bits per heavy atom. The summed E-state index contributed by atoms with van der Waals surface area (Å²) >= 11 is 0. The molecule has 0 aliphatic carbocycles. The zero-order valence-corrected chi connectivity index (χ0v) is 22.1. The predicted molar refractivity (Wildman–Crippen MR) is 139 cm³/mol. The van der Waals surface area contributed by atoms with Crippen LogP contribution in [0.5, 0.6) is 17.5 Å². The first-order valence-electron chi connectivity index (χ1n) is 12.6. The third-order valence-corrected chi connectivity index (χ3v) is 7.74. The van der Waals surface area contributed by atoms with Crippen molar-refractivity contribution in [1.82, 2.24) is 14.9 Å². The summed E-state index contributed by atoms with van der Waals surface area (Å²) in [4.78, 5) is 21.9. The molecular weight excluding hydrogens is 526 g/mol. The number of rotatable bonds is 7. The van der Waals surface area contributed by atoms with Crippen molar-refractivity contribution < 1.29 is 36.2 Å². The van der Waals surface area contributed by atoms with Crippen LogP contribution in [0.1, 0.15) is 35.4 Å². The molecule has 0 saturated carbocycles. The Balaban J connectivity index is 1.24. The van der Waals surface area contributed by atoms with Crippen molar-refractivity contribution >= 4 is 16.5 Å². The number of carboxylic acid groups (broad SMARTS) is 1. The molecule has 2 saturated heterocycles. The highest BCUT2D eigenvalue weighted by Gasteiger charge is 2.33. The van der Waals surface area contributed by atoms with Crippen LogP contribution in [-0.4, -0.2) is 66.4 Å². The van der Waals surface area contributed by atoms with Crippen molar-refractivity contribution in [2.75, 3.05) is 19.8 Å². The number of hydrogen-bond donors (Lipinski definition) is 1. The zero-order valence-electron chi connectivity index (χ0n) is 21.3. The Kier molecular flexibility index (Phi) is 7.96. The molecular formula is C27H29N3O8S. The SMILES string of the molecule is Cc1c(Oc2ccc(C3COS(=O)(=O)OC3)cc2)ncnc1OC1CCN(C(=O)O)C(Cc2ccccc2)C1. The van der Waals surface area contributed by atoms with E-state index in [0.29, 0.717) is 48.9 Å². The quantitative estimate of drug-likeness (QED) is 0.454. The number of hydrogen-bond acceptors (Lipinski definition) is 9. The van der Waals surface area contributed by atoms with Crippen molar-refractivity contribution in [2.24, 2.45) is 0 Å². The van der Waals surface area contributed by atoms with E-state index in [1.165, 1.54) is 11.2 Å². The molecule has 2 atom stereocenters. The Morgan fingerprint density at radius 2 is 1.74 bits per heavy atom. The van der Waals surface area contributed by atoms with E-state index in [2.05, 4.69) is 9.97 Å². The van der Waals surface area contributed by atoms with Crippen molar-refractivity contribution in [3.63, 3.8) is 0 Å². The van der Waals surface area contributed by atoms with Crippen LogP contribution >= 0.6 is 0 Å². The maximum absolute atomic E-state index is 11.8. The number of aromatic nitrogens is 2. The number of carbonyl (C=O) groups is 1. The van der Waals surface area contributed by atoms with E-state index >= 15 is 0 Å². The number of likely N-dealkylation sites (tertiary alicyclic amines) is 1. The standard InChI is InChI=1S/C27H29N3O8S/c1-18-25(37-23-9-7-20(8-10-23)21-15-35-39(33,34)36-16-21)28-17-29-26(18)38-24-11-12-30(27(31)32)22(14-24)13-19-5-3-2-4-6-19/h2-10,17,21-22,24H,11-16H2,1H3,(H,31,32). The lowest BCUT2D eigenvalue weighted by Gasteiger charge is -2.37. The predicted octanol–water partition coefficient (Wildman–Crippen LogP) is 4.09. The van der Waals surface area contributed by atoms with Gasteiger partial charge in [0, 0.05) is 31.3 Å². The van der Waals surface area contributed by atoms with E-state index in [4.69, 9.17) is 17.8 Å². The first-order chi connectivity index (χ1) is 18.8. The Bertz CT molecular complexity index is 1390. The molecule has 3 aromatic rings. The molecule has 12 heteroatoms. The fraction of sp³-hybridized carbons (Fsp3) is 0.370. The van der Waals surface area contributed by atoms with Crippen LogP contribution in [0.4, 0.5) is 4.79 Å². The second-order valence-electron chi connectivity index (χ2n) is 9.54. The van der Waals surface area contributed by atoms with E-state index < -0.39 is 16.5 Å². The number of amides is 1. The van der Waals surface area contributed by atoms with Gasteiger partial charge in [0.2, 0.25) is 11.8 Å². The zero-order chi connectivity index (χ0) is 27.4. The van der Waals surface area contributed by atoms with Gasteiger partial charge in [-0.1, -0.05) is 42.5 Å². The van der Waals surface area contributed by atoms with Gasteiger partial charge in [0.15, 0.2) is 0 Å². The maximum atomic E-state index is 11.8. The third kappa shape index (κ3) is 6.64. The Hall–Kier alpha value is -3.74. The smallest absolute Gasteiger partial charge is 0.407 e. The molecule has 2 aliphatic rings. The lowest BCUT2D eigenvalue weighted by molar-refractivity contribution is 0.0520. The molecule has 0 spiro atoms. The molecule has 2 unspecified atom stereocenters. The molecule has 1 amide bonds. The summed E-state index contributed by atoms with van der Waals surface area (Å²) in [6.07, 6.45) is 1.93. The minimum absolute atomic E-state index is 0.0197. The van der Waals surface area contributed by atoms with Crippen LogP contribution in [-0.2, 0) is 25.2 Å². The van der Waals surface area contributed by atoms with E-state index in [-0.39, 0.29) is 31.3 Å². The molecule has 11 nitrogen and oxygen atoms in total. The summed E-state index contributed by atoms with van der Waals surface area (Å²) in [7, 11) is -3.90. The maximum Gasteiger partial charge on any atom is 0.407 e. The number of ether oxygens (including phenoxy) is 2. The fourth-order valence-electron chi connectivity index (χ4n) is 4.78. The van der Waals surface area contributed by atoms with Crippen LogP contribution in [0.3, 0.4) is 0 Å². The van der Waals surface area contributed by atoms with Crippen molar-refractivity contribution in [1.29, 1.82) is 0 Å². The highest BCUT2D eigenvalue weighted by atomic mass is 32.3. The van der Waals surface area contributed by atoms with Gasteiger partial charge in [0.25, 0.3) is 0 Å². The van der Waals surface area contributed by atoms with Gasteiger partial charge in [-0.3, -0.25) is 0 Å². The number of nitrogens with zero attached hydrogens (tertiary/aromatic N) is 3. The molecule has 5 rings (SSSR count). The Morgan fingerprint density at radius 1 is 1.05 bits per heavy atom. The van der Waals surface area contributed by atoms with Crippen molar-refractivity contribution in [3.8, 4) is 17.5 Å². The highest BCUT2D eigenvalue weighted by molar-refractivity contribution is 7.81. The van der Waals surface area contributed by atoms with E-state index in [1.54, 1.807) is 12.1 Å². The van der Waals surface area contributed by atoms with Gasteiger partial charge < -0.3 is 19.5 Å². The molecule has 1 N–H and O–H groups in total. The number of piperidine rings is 1. The van der Waals surface area contributed by atoms with Crippen LogP contribution in [0.25, 0.3) is 0 Å². The summed E-state index contributed by atoms with van der Waals surface area (Å²) in [5.74, 6) is 1.06. The lowest BCUT2D eigenvalue weighted by Crippen LogP contribution is -2.49. The molecule has 0 bridgehead atoms. The van der Waals surface area contributed by atoms with Gasteiger partial charge in [-0.15, -0.1) is 0 Å². The first-order valence-corrected chi connectivity index (χ1v) is 13.9. The summed E-state index contributed by atoms with van der Waals surface area (Å²) in [5.41, 5.74) is 2.56. The highest BCUT2D eigenvalue weighted by Crippen LogP contribution is 2.32. The second-order valence-corrected chi connectivity index (χ2v) is 10.8. The van der Waals surface area contributed by atoms with Gasteiger partial charge in [0.05, 0.1) is 18.8 Å². The average Bonchev–Trinajstić information content (AvgIpc) is 2.92. The van der Waals surface area contributed by atoms with Crippen LogP contribution in [0, 0.1) is 6.92 Å². The van der Waals surface area contributed by atoms with E-state index in [9.17, 15) is 18.3 Å². The summed E-state index contributed by atoms with van der Waals surface area (Å²) < 4.78 is 44.3. The van der Waals surface area contributed by atoms with E-state index in [0.717, 1.165) is 11.1 Å². The molecule has 2 aromatic carbocycles. The first kappa shape index (κ1) is 26.9. The van der Waals surface area contributed by atoms with Crippen molar-refractivity contribution in [3.05, 3.63) is 77.6 Å².